The van der Waals surface area contributed by atoms with Crippen molar-refractivity contribution in [2.45, 2.75) is 44.3 Å². The number of hydrogen-bond acceptors (Lipinski definition) is 2. The van der Waals surface area contributed by atoms with Gasteiger partial charge in [0, 0.05) is 16.5 Å². The van der Waals surface area contributed by atoms with E-state index in [0.717, 1.165) is 22.2 Å². The minimum atomic E-state index is -0.373. The van der Waals surface area contributed by atoms with E-state index in [1.165, 1.54) is 25.7 Å². The van der Waals surface area contributed by atoms with Crippen LogP contribution in [0.2, 0.25) is 0 Å². The number of aliphatic hydroxyl groups is 1. The summed E-state index contributed by atoms with van der Waals surface area (Å²) in [6, 6.07) is 5.90. The van der Waals surface area contributed by atoms with Crippen LogP contribution < -0.4 is 4.74 Å². The second-order valence-electron chi connectivity index (χ2n) is 5.13. The number of aliphatic hydroxyl groups excluding tert-OH is 1. The average molecular weight is 297 g/mol. The van der Waals surface area contributed by atoms with Crippen molar-refractivity contribution in [3.05, 3.63) is 28.2 Å². The Balaban J connectivity index is 1.84. The van der Waals surface area contributed by atoms with E-state index in [1.807, 2.05) is 18.2 Å². The average Bonchev–Trinajstić information content (AvgIpc) is 2.83. The zero-order valence-electron chi connectivity index (χ0n) is 9.73. The molecule has 2 nitrogen and oxygen atoms in total. The molecule has 0 amide bonds. The fourth-order valence-electron chi connectivity index (χ4n) is 3.06. The van der Waals surface area contributed by atoms with Gasteiger partial charge >= 0.3 is 0 Å². The van der Waals surface area contributed by atoms with Gasteiger partial charge in [-0.05, 0) is 37.0 Å². The normalized spacial score (nSPS) is 28.8. The van der Waals surface area contributed by atoms with Crippen LogP contribution in [0.1, 0.15) is 43.8 Å². The monoisotopic (exact) mass is 296 g/mol. The maximum Gasteiger partial charge on any atom is 0.125 e. The Morgan fingerprint density at radius 2 is 2.00 bits per heavy atom. The van der Waals surface area contributed by atoms with Crippen LogP contribution in [0, 0.1) is 5.92 Å². The molecule has 1 aromatic carbocycles. The fourth-order valence-corrected chi connectivity index (χ4v) is 3.44. The molecule has 3 heteroatoms. The molecule has 1 fully saturated rings. The van der Waals surface area contributed by atoms with Gasteiger partial charge in [-0.25, -0.2) is 0 Å². The minimum Gasteiger partial charge on any atom is -0.490 e. The van der Waals surface area contributed by atoms with Crippen LogP contribution in [-0.4, -0.2) is 11.2 Å². The first-order valence-electron chi connectivity index (χ1n) is 6.38. The Kier molecular flexibility index (Phi) is 3.14. The maximum absolute atomic E-state index is 10.2. The van der Waals surface area contributed by atoms with Gasteiger partial charge in [-0.2, -0.15) is 0 Å². The molecule has 92 valence electrons. The highest BCUT2D eigenvalue weighted by atomic mass is 79.9. The van der Waals surface area contributed by atoms with Crippen molar-refractivity contribution in [3.8, 4) is 5.75 Å². The van der Waals surface area contributed by atoms with Gasteiger partial charge in [-0.1, -0.05) is 28.8 Å². The van der Waals surface area contributed by atoms with Crippen LogP contribution >= 0.6 is 15.9 Å². The number of rotatable bonds is 1. The summed E-state index contributed by atoms with van der Waals surface area (Å²) in [6.07, 6.45) is 5.71. The third kappa shape index (κ3) is 2.23. The highest BCUT2D eigenvalue weighted by Gasteiger charge is 2.33. The predicted octanol–water partition coefficient (Wildman–Crippen LogP) is 3.82. The van der Waals surface area contributed by atoms with E-state index in [-0.39, 0.29) is 12.2 Å². The first-order chi connectivity index (χ1) is 8.24. The fraction of sp³-hybridized carbons (Fsp3) is 0.571. The van der Waals surface area contributed by atoms with Gasteiger partial charge in [-0.3, -0.25) is 0 Å². The first-order valence-corrected chi connectivity index (χ1v) is 7.17. The van der Waals surface area contributed by atoms with Crippen molar-refractivity contribution in [1.29, 1.82) is 0 Å². The minimum absolute atomic E-state index is 0.209. The summed E-state index contributed by atoms with van der Waals surface area (Å²) >= 11 is 3.43. The van der Waals surface area contributed by atoms with Crippen molar-refractivity contribution in [2.24, 2.45) is 5.92 Å². The second-order valence-corrected chi connectivity index (χ2v) is 6.05. The Hall–Kier alpha value is -0.540. The summed E-state index contributed by atoms with van der Waals surface area (Å²) in [5, 5.41) is 10.2. The van der Waals surface area contributed by atoms with E-state index >= 15 is 0 Å². The number of hydrogen-bond donors (Lipinski definition) is 1. The van der Waals surface area contributed by atoms with Crippen molar-refractivity contribution in [2.75, 3.05) is 0 Å². The van der Waals surface area contributed by atoms with Crippen molar-refractivity contribution in [3.63, 3.8) is 0 Å². The van der Waals surface area contributed by atoms with Crippen LogP contribution in [0.5, 0.6) is 5.75 Å². The number of benzene rings is 1. The van der Waals surface area contributed by atoms with Gasteiger partial charge in [-0.15, -0.1) is 0 Å². The summed E-state index contributed by atoms with van der Waals surface area (Å²) in [5.41, 5.74) is 0.925. The Labute approximate surface area is 110 Å². The molecule has 2 unspecified atom stereocenters. The summed E-state index contributed by atoms with van der Waals surface area (Å²) in [7, 11) is 0. The summed E-state index contributed by atoms with van der Waals surface area (Å²) in [4.78, 5) is 0. The molecule has 1 saturated carbocycles. The third-order valence-electron chi connectivity index (χ3n) is 3.99. The largest absolute Gasteiger partial charge is 0.490 e. The number of fused-ring (bicyclic) bond motifs is 1. The lowest BCUT2D eigenvalue weighted by molar-refractivity contribution is 0.0355. The Morgan fingerprint density at radius 1 is 1.24 bits per heavy atom. The maximum atomic E-state index is 10.2. The van der Waals surface area contributed by atoms with E-state index in [9.17, 15) is 5.11 Å². The molecule has 1 heterocycles. The predicted molar refractivity (Wildman–Crippen MR) is 70.1 cm³/mol. The number of ether oxygens (including phenoxy) is 1. The topological polar surface area (TPSA) is 29.5 Å². The van der Waals surface area contributed by atoms with Crippen molar-refractivity contribution >= 4 is 15.9 Å². The lowest BCUT2D eigenvalue weighted by Crippen LogP contribution is -2.31. The van der Waals surface area contributed by atoms with Crippen molar-refractivity contribution < 1.29 is 9.84 Å². The molecule has 0 radical (unpaired) electrons. The molecule has 0 aromatic heterocycles. The first kappa shape index (κ1) is 11.5. The lowest BCUT2D eigenvalue weighted by Gasteiger charge is -2.33. The van der Waals surface area contributed by atoms with E-state index < -0.39 is 0 Å². The van der Waals surface area contributed by atoms with Gasteiger partial charge in [0.2, 0.25) is 0 Å². The van der Waals surface area contributed by atoms with Crippen LogP contribution in [0.3, 0.4) is 0 Å². The summed E-state index contributed by atoms with van der Waals surface area (Å²) in [5.74, 6) is 1.50. The van der Waals surface area contributed by atoms with E-state index in [1.54, 1.807) is 0 Å². The molecule has 0 bridgehead atoms. The molecule has 1 aliphatic heterocycles. The molecule has 2 aliphatic rings. The molecule has 1 aliphatic carbocycles. The summed E-state index contributed by atoms with van der Waals surface area (Å²) in [6.45, 7) is 0. The molecule has 3 rings (SSSR count). The Bertz CT molecular complexity index is 413. The van der Waals surface area contributed by atoms with Crippen molar-refractivity contribution in [1.82, 2.24) is 0 Å². The zero-order valence-corrected chi connectivity index (χ0v) is 11.3. The van der Waals surface area contributed by atoms with Crippen LogP contribution in [0.15, 0.2) is 22.7 Å². The van der Waals surface area contributed by atoms with Gasteiger partial charge in [0.05, 0.1) is 6.10 Å². The Morgan fingerprint density at radius 3 is 2.76 bits per heavy atom. The zero-order chi connectivity index (χ0) is 11.8. The molecular formula is C14H17BrO2. The molecule has 1 N–H and O–H groups in total. The molecular weight excluding hydrogens is 280 g/mol. The summed E-state index contributed by atoms with van der Waals surface area (Å²) < 4.78 is 7.06. The van der Waals surface area contributed by atoms with Crippen LogP contribution in [-0.2, 0) is 0 Å². The SMILES string of the molecule is OC1CC(C2CCCC2)Oc2ccc(Br)cc21. The van der Waals surface area contributed by atoms with E-state index in [0.29, 0.717) is 5.92 Å². The lowest BCUT2D eigenvalue weighted by atomic mass is 9.90. The molecule has 17 heavy (non-hydrogen) atoms. The van der Waals surface area contributed by atoms with Gasteiger partial charge in [0.15, 0.2) is 0 Å². The molecule has 0 spiro atoms. The van der Waals surface area contributed by atoms with Gasteiger partial charge < -0.3 is 9.84 Å². The van der Waals surface area contributed by atoms with Gasteiger partial charge in [0.1, 0.15) is 11.9 Å². The van der Waals surface area contributed by atoms with Crippen LogP contribution in [0.25, 0.3) is 0 Å². The van der Waals surface area contributed by atoms with Gasteiger partial charge in [0.25, 0.3) is 0 Å². The standard InChI is InChI=1S/C14H17BrO2/c15-10-5-6-13-11(7-10)12(16)8-14(17-13)9-3-1-2-4-9/h5-7,9,12,14,16H,1-4,8H2. The highest BCUT2D eigenvalue weighted by molar-refractivity contribution is 9.10. The third-order valence-corrected chi connectivity index (χ3v) is 4.48. The molecule has 0 saturated heterocycles. The quantitative estimate of drug-likeness (QED) is 0.853. The smallest absolute Gasteiger partial charge is 0.125 e. The second kappa shape index (κ2) is 4.62. The van der Waals surface area contributed by atoms with E-state index in [4.69, 9.17) is 4.74 Å². The molecule has 1 aromatic rings. The molecule has 2 atom stereocenters. The van der Waals surface area contributed by atoms with E-state index in [2.05, 4.69) is 15.9 Å². The highest BCUT2D eigenvalue weighted by Crippen LogP contribution is 2.41. The number of halogens is 1. The van der Waals surface area contributed by atoms with Crippen LogP contribution in [0.4, 0.5) is 0 Å².